The van der Waals surface area contributed by atoms with E-state index in [0.717, 1.165) is 5.75 Å². The Hall–Kier alpha value is -3.06. The molecule has 2 aromatic carbocycles. The Morgan fingerprint density at radius 3 is 2.33 bits per heavy atom. The zero-order valence-electron chi connectivity index (χ0n) is 14.7. The molecule has 2 N–H and O–H groups in total. The smallest absolute Gasteiger partial charge is 0.291 e. The van der Waals surface area contributed by atoms with Crippen LogP contribution >= 0.6 is 11.8 Å². The van der Waals surface area contributed by atoms with Gasteiger partial charge in [-0.1, -0.05) is 12.1 Å². The zero-order valence-corrected chi connectivity index (χ0v) is 15.5. The van der Waals surface area contributed by atoms with E-state index in [9.17, 15) is 14.4 Å². The van der Waals surface area contributed by atoms with Crippen molar-refractivity contribution in [2.24, 2.45) is 0 Å². The predicted octanol–water partition coefficient (Wildman–Crippen LogP) is 3.68. The van der Waals surface area contributed by atoms with Crippen molar-refractivity contribution in [3.05, 3.63) is 70.8 Å². The SMILES string of the molecule is CC(=O)c1cccc(NC(=O)c2ccc(NC(=O)C3=CSCCO3)cc2)c1. The van der Waals surface area contributed by atoms with Crippen LogP contribution in [0.2, 0.25) is 0 Å². The largest absolute Gasteiger partial charge is 0.487 e. The Kier molecular flexibility index (Phi) is 5.93. The van der Waals surface area contributed by atoms with Crippen LogP contribution in [0.25, 0.3) is 0 Å². The minimum Gasteiger partial charge on any atom is -0.487 e. The van der Waals surface area contributed by atoms with Gasteiger partial charge >= 0.3 is 0 Å². The Morgan fingerprint density at radius 1 is 0.926 bits per heavy atom. The van der Waals surface area contributed by atoms with Gasteiger partial charge in [0.2, 0.25) is 0 Å². The highest BCUT2D eigenvalue weighted by atomic mass is 32.2. The first-order valence-corrected chi connectivity index (χ1v) is 9.36. The Balaban J connectivity index is 1.63. The Morgan fingerprint density at radius 2 is 1.67 bits per heavy atom. The van der Waals surface area contributed by atoms with E-state index < -0.39 is 0 Å². The molecule has 7 heteroatoms. The number of carbonyl (C=O) groups is 3. The van der Waals surface area contributed by atoms with Crippen molar-refractivity contribution >= 4 is 40.7 Å². The molecule has 0 saturated carbocycles. The van der Waals surface area contributed by atoms with Gasteiger partial charge in [0.05, 0.1) is 6.61 Å². The van der Waals surface area contributed by atoms with Gasteiger partial charge in [-0.2, -0.15) is 0 Å². The van der Waals surface area contributed by atoms with Gasteiger partial charge in [-0.05, 0) is 43.3 Å². The third-order valence-electron chi connectivity index (χ3n) is 3.80. The number of ketones is 1. The van der Waals surface area contributed by atoms with Crippen LogP contribution in [0.3, 0.4) is 0 Å². The molecule has 6 nitrogen and oxygen atoms in total. The van der Waals surface area contributed by atoms with E-state index in [1.165, 1.54) is 18.7 Å². The number of Topliss-reactive ketones (excluding diaryl/α,β-unsaturated/α-hetero) is 1. The van der Waals surface area contributed by atoms with Gasteiger partial charge in [-0.15, -0.1) is 11.8 Å². The molecule has 0 aliphatic carbocycles. The third-order valence-corrected chi connectivity index (χ3v) is 4.59. The maximum absolute atomic E-state index is 12.4. The van der Waals surface area contributed by atoms with Gasteiger partial charge in [0.25, 0.3) is 11.8 Å². The lowest BCUT2D eigenvalue weighted by atomic mass is 10.1. The molecule has 0 saturated heterocycles. The van der Waals surface area contributed by atoms with Gasteiger partial charge < -0.3 is 15.4 Å². The van der Waals surface area contributed by atoms with Crippen molar-refractivity contribution in [1.82, 2.24) is 0 Å². The third kappa shape index (κ3) is 4.98. The summed E-state index contributed by atoms with van der Waals surface area (Å²) in [5.41, 5.74) is 2.08. The van der Waals surface area contributed by atoms with Crippen molar-refractivity contribution in [2.75, 3.05) is 23.0 Å². The van der Waals surface area contributed by atoms with Crippen LogP contribution in [0.5, 0.6) is 0 Å². The second kappa shape index (κ2) is 8.55. The average Bonchev–Trinajstić information content (AvgIpc) is 2.69. The minimum atomic E-state index is -0.319. The molecule has 0 unspecified atom stereocenters. The van der Waals surface area contributed by atoms with Crippen LogP contribution in [0.4, 0.5) is 11.4 Å². The maximum atomic E-state index is 12.4. The summed E-state index contributed by atoms with van der Waals surface area (Å²) in [6.45, 7) is 1.98. The first kappa shape index (κ1) is 18.7. The molecule has 0 spiro atoms. The predicted molar refractivity (Wildman–Crippen MR) is 106 cm³/mol. The summed E-state index contributed by atoms with van der Waals surface area (Å²) in [6.07, 6.45) is 0. The van der Waals surface area contributed by atoms with E-state index in [0.29, 0.717) is 34.9 Å². The van der Waals surface area contributed by atoms with Crippen molar-refractivity contribution in [3.8, 4) is 0 Å². The van der Waals surface area contributed by atoms with Crippen LogP contribution in [0.15, 0.2) is 59.7 Å². The van der Waals surface area contributed by atoms with Crippen molar-refractivity contribution in [2.45, 2.75) is 6.92 Å². The number of amides is 2. The quantitative estimate of drug-likeness (QED) is 0.771. The molecule has 3 rings (SSSR count). The van der Waals surface area contributed by atoms with Gasteiger partial charge in [0.15, 0.2) is 11.5 Å². The molecule has 0 atom stereocenters. The number of ether oxygens (including phenoxy) is 1. The molecule has 1 aliphatic heterocycles. The second-order valence-electron chi connectivity index (χ2n) is 5.82. The van der Waals surface area contributed by atoms with Crippen LogP contribution in [0, 0.1) is 0 Å². The van der Waals surface area contributed by atoms with Crippen molar-refractivity contribution in [3.63, 3.8) is 0 Å². The highest BCUT2D eigenvalue weighted by Crippen LogP contribution is 2.18. The molecule has 138 valence electrons. The molecule has 0 fully saturated rings. The summed E-state index contributed by atoms with van der Waals surface area (Å²) >= 11 is 1.53. The number of benzene rings is 2. The van der Waals surface area contributed by atoms with E-state index in [1.807, 2.05) is 0 Å². The molecular weight excluding hydrogens is 364 g/mol. The molecule has 0 aromatic heterocycles. The number of hydrogen-bond donors (Lipinski definition) is 2. The molecule has 2 amide bonds. The number of hydrogen-bond acceptors (Lipinski definition) is 5. The fourth-order valence-corrected chi connectivity index (χ4v) is 3.03. The Labute approximate surface area is 161 Å². The highest BCUT2D eigenvalue weighted by Gasteiger charge is 2.15. The lowest BCUT2D eigenvalue weighted by Crippen LogP contribution is -2.19. The fourth-order valence-electron chi connectivity index (χ4n) is 2.40. The number of anilines is 2. The average molecular weight is 382 g/mol. The Bertz CT molecular complexity index is 906. The summed E-state index contributed by atoms with van der Waals surface area (Å²) in [5.74, 6) is 0.430. The van der Waals surface area contributed by atoms with Crippen LogP contribution in [0.1, 0.15) is 27.6 Å². The molecule has 27 heavy (non-hydrogen) atoms. The molecule has 0 radical (unpaired) electrons. The van der Waals surface area contributed by atoms with Gasteiger partial charge in [0.1, 0.15) is 0 Å². The summed E-state index contributed by atoms with van der Waals surface area (Å²) in [6, 6.07) is 13.3. The van der Waals surface area contributed by atoms with Gasteiger partial charge in [-0.25, -0.2) is 0 Å². The number of thioether (sulfide) groups is 1. The van der Waals surface area contributed by atoms with E-state index in [4.69, 9.17) is 4.74 Å². The molecule has 0 bridgehead atoms. The highest BCUT2D eigenvalue weighted by molar-refractivity contribution is 8.02. The van der Waals surface area contributed by atoms with E-state index >= 15 is 0 Å². The van der Waals surface area contributed by atoms with Gasteiger partial charge in [-0.3, -0.25) is 14.4 Å². The van der Waals surface area contributed by atoms with Crippen molar-refractivity contribution < 1.29 is 19.1 Å². The normalized spacial score (nSPS) is 13.1. The van der Waals surface area contributed by atoms with Crippen LogP contribution < -0.4 is 10.6 Å². The maximum Gasteiger partial charge on any atom is 0.291 e. The summed E-state index contributed by atoms with van der Waals surface area (Å²) in [5, 5.41) is 7.18. The van der Waals surface area contributed by atoms with Gasteiger partial charge in [0, 0.05) is 33.7 Å². The number of rotatable bonds is 5. The summed E-state index contributed by atoms with van der Waals surface area (Å²) in [4.78, 5) is 35.9. The van der Waals surface area contributed by atoms with E-state index in [2.05, 4.69) is 10.6 Å². The standard InChI is InChI=1S/C20H18N2O4S/c1-13(23)15-3-2-4-17(11-15)22-19(24)14-5-7-16(8-6-14)21-20(25)18-12-27-10-9-26-18/h2-8,11-12H,9-10H2,1H3,(H,21,25)(H,22,24). The first-order chi connectivity index (χ1) is 13.0. The van der Waals surface area contributed by atoms with E-state index in [-0.39, 0.29) is 17.6 Å². The fraction of sp³-hybridized carbons (Fsp3) is 0.150. The van der Waals surface area contributed by atoms with Crippen molar-refractivity contribution in [1.29, 1.82) is 0 Å². The summed E-state index contributed by atoms with van der Waals surface area (Å²) < 4.78 is 5.31. The molecule has 1 aliphatic rings. The molecule has 1 heterocycles. The molecule has 2 aromatic rings. The van der Waals surface area contributed by atoms with Crippen LogP contribution in [-0.2, 0) is 9.53 Å². The zero-order chi connectivity index (χ0) is 19.2. The number of carbonyl (C=O) groups excluding carboxylic acids is 3. The minimum absolute atomic E-state index is 0.0679. The topological polar surface area (TPSA) is 84.5 Å². The lowest BCUT2D eigenvalue weighted by molar-refractivity contribution is -0.116. The molecular formula is C20H18N2O4S. The lowest BCUT2D eigenvalue weighted by Gasteiger charge is -2.14. The first-order valence-electron chi connectivity index (χ1n) is 8.31. The number of nitrogens with one attached hydrogen (secondary N) is 2. The summed E-state index contributed by atoms with van der Waals surface area (Å²) in [7, 11) is 0. The second-order valence-corrected chi connectivity index (χ2v) is 6.80. The monoisotopic (exact) mass is 382 g/mol. The van der Waals surface area contributed by atoms with Crippen LogP contribution in [-0.4, -0.2) is 30.0 Å². The van der Waals surface area contributed by atoms with E-state index in [1.54, 1.807) is 53.9 Å².